The van der Waals surface area contributed by atoms with E-state index in [1.807, 2.05) is 6.92 Å². The van der Waals surface area contributed by atoms with Crippen molar-refractivity contribution in [1.82, 2.24) is 19.9 Å². The smallest absolute Gasteiger partial charge is 0.250 e. The number of hydrogen-bond donors (Lipinski definition) is 2. The highest BCUT2D eigenvalue weighted by Crippen LogP contribution is 2.33. The van der Waals surface area contributed by atoms with Crippen LogP contribution in [0.25, 0.3) is 11.2 Å². The summed E-state index contributed by atoms with van der Waals surface area (Å²) in [5, 5.41) is 3.67. The van der Waals surface area contributed by atoms with Crippen LogP contribution in [0.15, 0.2) is 29.0 Å². The molecule has 0 atom stereocenters. The minimum absolute atomic E-state index is 0.400. The number of hydrogen-bond acceptors (Lipinski definition) is 5. The molecule has 0 spiro atoms. The Balaban J connectivity index is 2.04. The van der Waals surface area contributed by atoms with Crippen molar-refractivity contribution in [3.63, 3.8) is 0 Å². The number of nitrogens with zero attached hydrogens (tertiary/aromatic N) is 3. The summed E-state index contributed by atoms with van der Waals surface area (Å²) in [5.41, 5.74) is 1.18. The van der Waals surface area contributed by atoms with E-state index in [0.717, 1.165) is 4.47 Å². The minimum Gasteiger partial charge on any atom is -0.436 e. The van der Waals surface area contributed by atoms with Crippen LogP contribution < -0.4 is 10.1 Å². The maximum Gasteiger partial charge on any atom is 0.250 e. The number of rotatable bonds is 4. The molecule has 6 nitrogen and oxygen atoms in total. The summed E-state index contributed by atoms with van der Waals surface area (Å²) in [5.74, 6) is 1.48. The van der Waals surface area contributed by atoms with Crippen LogP contribution in [-0.4, -0.2) is 26.5 Å². The molecule has 0 aliphatic heterocycles. The van der Waals surface area contributed by atoms with Gasteiger partial charge in [0.2, 0.25) is 5.95 Å². The van der Waals surface area contributed by atoms with Crippen LogP contribution in [0.1, 0.15) is 6.92 Å². The van der Waals surface area contributed by atoms with Gasteiger partial charge in [0.25, 0.3) is 5.88 Å². The zero-order chi connectivity index (χ0) is 14.8. The number of H-pyrrole nitrogens is 1. The monoisotopic (exact) mass is 367 g/mol. The maximum atomic E-state index is 5.93. The Morgan fingerprint density at radius 3 is 3.00 bits per heavy atom. The van der Waals surface area contributed by atoms with Gasteiger partial charge in [-0.1, -0.05) is 11.6 Å². The van der Waals surface area contributed by atoms with Gasteiger partial charge >= 0.3 is 0 Å². The van der Waals surface area contributed by atoms with Crippen molar-refractivity contribution in [2.75, 3.05) is 11.9 Å². The third-order valence-corrected chi connectivity index (χ3v) is 3.54. The summed E-state index contributed by atoms with van der Waals surface area (Å²) in [4.78, 5) is 15.8. The first-order valence-electron chi connectivity index (χ1n) is 6.25. The molecule has 0 saturated heterocycles. The van der Waals surface area contributed by atoms with E-state index in [0.29, 0.717) is 40.3 Å². The summed E-state index contributed by atoms with van der Waals surface area (Å²) in [7, 11) is 0. The second kappa shape index (κ2) is 5.87. The van der Waals surface area contributed by atoms with Gasteiger partial charge in [0.1, 0.15) is 11.3 Å². The normalized spacial score (nSPS) is 10.8. The van der Waals surface area contributed by atoms with Gasteiger partial charge in [0.15, 0.2) is 5.65 Å². The van der Waals surface area contributed by atoms with E-state index in [9.17, 15) is 0 Å². The molecule has 2 heterocycles. The molecule has 3 aromatic rings. The van der Waals surface area contributed by atoms with Gasteiger partial charge in [-0.25, -0.2) is 4.98 Å². The SMILES string of the molecule is CCNc1nc(Oc2ccc(Cl)cc2Br)c2[nH]cnc2n1. The highest BCUT2D eigenvalue weighted by Gasteiger charge is 2.13. The van der Waals surface area contributed by atoms with Gasteiger partial charge in [-0.15, -0.1) is 0 Å². The molecule has 1 aromatic carbocycles. The summed E-state index contributed by atoms with van der Waals surface area (Å²) in [6.45, 7) is 2.68. The van der Waals surface area contributed by atoms with Gasteiger partial charge in [-0.2, -0.15) is 9.97 Å². The van der Waals surface area contributed by atoms with Crippen LogP contribution >= 0.6 is 27.5 Å². The molecule has 8 heteroatoms. The summed E-state index contributed by atoms with van der Waals surface area (Å²) in [6, 6.07) is 5.27. The molecule has 21 heavy (non-hydrogen) atoms. The Labute approximate surface area is 134 Å². The molecule has 0 radical (unpaired) electrons. The highest BCUT2D eigenvalue weighted by molar-refractivity contribution is 9.10. The third-order valence-electron chi connectivity index (χ3n) is 2.69. The van der Waals surface area contributed by atoms with Crippen LogP contribution in [0.2, 0.25) is 5.02 Å². The molecule has 3 rings (SSSR count). The topological polar surface area (TPSA) is 75.7 Å². The number of aromatic amines is 1. The maximum absolute atomic E-state index is 5.93. The lowest BCUT2D eigenvalue weighted by Gasteiger charge is -2.09. The molecule has 0 unspecified atom stereocenters. The zero-order valence-corrected chi connectivity index (χ0v) is 13.4. The average molecular weight is 369 g/mol. The van der Waals surface area contributed by atoms with E-state index in [2.05, 4.69) is 41.2 Å². The number of halogens is 2. The lowest BCUT2D eigenvalue weighted by molar-refractivity contribution is 0.465. The van der Waals surface area contributed by atoms with Crippen LogP contribution in [0.5, 0.6) is 11.6 Å². The van der Waals surface area contributed by atoms with Crippen molar-refractivity contribution in [3.8, 4) is 11.6 Å². The van der Waals surface area contributed by atoms with Crippen molar-refractivity contribution in [2.24, 2.45) is 0 Å². The van der Waals surface area contributed by atoms with E-state index in [-0.39, 0.29) is 0 Å². The fourth-order valence-electron chi connectivity index (χ4n) is 1.78. The number of fused-ring (bicyclic) bond motifs is 1. The van der Waals surface area contributed by atoms with Crippen molar-refractivity contribution in [1.29, 1.82) is 0 Å². The molecule has 0 fully saturated rings. The fraction of sp³-hybridized carbons (Fsp3) is 0.154. The Kier molecular flexibility index (Phi) is 3.94. The summed E-state index contributed by atoms with van der Waals surface area (Å²) < 4.78 is 6.60. The quantitative estimate of drug-likeness (QED) is 0.728. The van der Waals surface area contributed by atoms with E-state index in [1.165, 1.54) is 0 Å². The number of nitrogens with one attached hydrogen (secondary N) is 2. The van der Waals surface area contributed by atoms with Gasteiger partial charge in [-0.05, 0) is 41.1 Å². The molecule has 2 aromatic heterocycles. The number of benzene rings is 1. The number of ether oxygens (including phenoxy) is 1. The summed E-state index contributed by atoms with van der Waals surface area (Å²) >= 11 is 9.34. The van der Waals surface area contributed by atoms with Gasteiger partial charge in [0, 0.05) is 11.6 Å². The predicted molar refractivity (Wildman–Crippen MR) is 85.1 cm³/mol. The van der Waals surface area contributed by atoms with Crippen molar-refractivity contribution in [2.45, 2.75) is 6.92 Å². The van der Waals surface area contributed by atoms with Gasteiger partial charge in [-0.3, -0.25) is 0 Å². The van der Waals surface area contributed by atoms with E-state index in [4.69, 9.17) is 16.3 Å². The number of imidazole rings is 1. The second-order valence-electron chi connectivity index (χ2n) is 4.16. The van der Waals surface area contributed by atoms with E-state index >= 15 is 0 Å². The van der Waals surface area contributed by atoms with Crippen molar-refractivity contribution >= 4 is 44.6 Å². The Morgan fingerprint density at radius 2 is 2.24 bits per heavy atom. The number of aromatic nitrogens is 4. The first-order chi connectivity index (χ1) is 10.2. The largest absolute Gasteiger partial charge is 0.436 e. The molecule has 0 aliphatic carbocycles. The van der Waals surface area contributed by atoms with Crippen molar-refractivity contribution < 1.29 is 4.74 Å². The fourth-order valence-corrected chi connectivity index (χ4v) is 2.54. The van der Waals surface area contributed by atoms with E-state index in [1.54, 1.807) is 24.5 Å². The Bertz CT molecular complexity index is 791. The predicted octanol–water partition coefficient (Wildman–Crippen LogP) is 3.99. The van der Waals surface area contributed by atoms with Gasteiger partial charge in [0.05, 0.1) is 10.8 Å². The lowest BCUT2D eigenvalue weighted by atomic mass is 10.3. The number of anilines is 1. The molecule has 2 N–H and O–H groups in total. The van der Waals surface area contributed by atoms with E-state index < -0.39 is 0 Å². The zero-order valence-electron chi connectivity index (χ0n) is 11.0. The lowest BCUT2D eigenvalue weighted by Crippen LogP contribution is -2.03. The van der Waals surface area contributed by atoms with Crippen LogP contribution in [-0.2, 0) is 0 Å². The van der Waals surface area contributed by atoms with Gasteiger partial charge < -0.3 is 15.0 Å². The molecule has 0 amide bonds. The first-order valence-corrected chi connectivity index (χ1v) is 7.42. The Morgan fingerprint density at radius 1 is 1.38 bits per heavy atom. The molecular weight excluding hydrogens is 358 g/mol. The Hall–Kier alpha value is -1.86. The molecule has 0 aliphatic rings. The van der Waals surface area contributed by atoms with Crippen LogP contribution in [0.4, 0.5) is 5.95 Å². The first kappa shape index (κ1) is 14.1. The second-order valence-corrected chi connectivity index (χ2v) is 5.45. The average Bonchev–Trinajstić information content (AvgIpc) is 2.91. The molecule has 0 bridgehead atoms. The minimum atomic E-state index is 0.400. The standard InChI is InChI=1S/C13H11BrClN5O/c1-2-16-13-19-11-10(17-6-18-11)12(20-13)21-9-4-3-7(15)5-8(9)14/h3-6H,2H2,1H3,(H2,16,17,18,19,20). The molecule has 108 valence electrons. The molecular formula is C13H11BrClN5O. The highest BCUT2D eigenvalue weighted by atomic mass is 79.9. The molecule has 0 saturated carbocycles. The van der Waals surface area contributed by atoms with Crippen molar-refractivity contribution in [3.05, 3.63) is 34.0 Å². The van der Waals surface area contributed by atoms with Crippen LogP contribution in [0.3, 0.4) is 0 Å². The summed E-state index contributed by atoms with van der Waals surface area (Å²) in [6.07, 6.45) is 1.55. The van der Waals surface area contributed by atoms with Crippen LogP contribution in [0, 0.1) is 0 Å². The third kappa shape index (κ3) is 2.93.